The molecule has 0 radical (unpaired) electrons. The molecule has 104 valence electrons. The number of hydrogen-bond donors (Lipinski definition) is 1. The van der Waals surface area contributed by atoms with Crippen molar-refractivity contribution >= 4 is 5.97 Å². The summed E-state index contributed by atoms with van der Waals surface area (Å²) in [5, 5.41) is 9.19. The van der Waals surface area contributed by atoms with E-state index in [1.165, 1.54) is 18.2 Å². The SMILES string of the molecule is O=C(O)C(Cc1cc(F)ccc1F)c1ccccc1F. The number of benzene rings is 2. The van der Waals surface area contributed by atoms with Gasteiger partial charge in [0.15, 0.2) is 0 Å². The Morgan fingerprint density at radius 1 is 1.05 bits per heavy atom. The second kappa shape index (κ2) is 5.77. The molecule has 1 N–H and O–H groups in total. The molecule has 0 heterocycles. The van der Waals surface area contributed by atoms with Crippen molar-refractivity contribution in [2.75, 3.05) is 0 Å². The summed E-state index contributed by atoms with van der Waals surface area (Å²) < 4.78 is 40.3. The first-order valence-corrected chi connectivity index (χ1v) is 5.90. The molecule has 0 aliphatic rings. The normalized spacial score (nSPS) is 12.2. The van der Waals surface area contributed by atoms with Crippen molar-refractivity contribution < 1.29 is 23.1 Å². The van der Waals surface area contributed by atoms with Crippen molar-refractivity contribution in [3.8, 4) is 0 Å². The molecule has 0 spiro atoms. The van der Waals surface area contributed by atoms with Crippen LogP contribution in [-0.4, -0.2) is 11.1 Å². The van der Waals surface area contributed by atoms with Crippen LogP contribution < -0.4 is 0 Å². The van der Waals surface area contributed by atoms with Gasteiger partial charge in [0.05, 0.1) is 5.92 Å². The predicted molar refractivity (Wildman–Crippen MR) is 66.8 cm³/mol. The molecule has 0 saturated carbocycles. The summed E-state index contributed by atoms with van der Waals surface area (Å²) >= 11 is 0. The highest BCUT2D eigenvalue weighted by atomic mass is 19.1. The zero-order chi connectivity index (χ0) is 14.7. The second-order valence-corrected chi connectivity index (χ2v) is 4.35. The minimum Gasteiger partial charge on any atom is -0.481 e. The van der Waals surface area contributed by atoms with Crippen LogP contribution in [0.15, 0.2) is 42.5 Å². The van der Waals surface area contributed by atoms with Crippen molar-refractivity contribution in [1.82, 2.24) is 0 Å². The van der Waals surface area contributed by atoms with Crippen LogP contribution >= 0.6 is 0 Å². The fourth-order valence-electron chi connectivity index (χ4n) is 2.01. The summed E-state index contributed by atoms with van der Waals surface area (Å²) in [7, 11) is 0. The van der Waals surface area contributed by atoms with Crippen molar-refractivity contribution in [3.63, 3.8) is 0 Å². The van der Waals surface area contributed by atoms with E-state index in [9.17, 15) is 23.1 Å². The van der Waals surface area contributed by atoms with Crippen LogP contribution in [0.3, 0.4) is 0 Å². The lowest BCUT2D eigenvalue weighted by molar-refractivity contribution is -0.138. The summed E-state index contributed by atoms with van der Waals surface area (Å²) in [5.74, 6) is -4.63. The minimum atomic E-state index is -1.29. The average molecular weight is 280 g/mol. The molecule has 0 amide bonds. The third kappa shape index (κ3) is 2.99. The first-order chi connectivity index (χ1) is 9.49. The van der Waals surface area contributed by atoms with E-state index in [1.54, 1.807) is 0 Å². The number of carboxylic acids is 1. The van der Waals surface area contributed by atoms with E-state index in [2.05, 4.69) is 0 Å². The molecule has 2 aromatic carbocycles. The maximum Gasteiger partial charge on any atom is 0.311 e. The molecule has 0 aromatic heterocycles. The van der Waals surface area contributed by atoms with E-state index < -0.39 is 29.3 Å². The number of carboxylic acid groups (broad SMARTS) is 1. The van der Waals surface area contributed by atoms with Gasteiger partial charge in [-0.25, -0.2) is 13.2 Å². The molecule has 1 atom stereocenters. The maximum atomic E-state index is 13.7. The third-order valence-corrected chi connectivity index (χ3v) is 3.01. The Labute approximate surface area is 113 Å². The molecule has 20 heavy (non-hydrogen) atoms. The number of hydrogen-bond acceptors (Lipinski definition) is 1. The molecule has 2 aromatic rings. The highest BCUT2D eigenvalue weighted by Gasteiger charge is 2.24. The first kappa shape index (κ1) is 14.1. The standard InChI is InChI=1S/C15H11F3O2/c16-10-5-6-13(17)9(7-10)8-12(15(19)20)11-3-1-2-4-14(11)18/h1-7,12H,8H2,(H,19,20). The number of aliphatic carboxylic acids is 1. The average Bonchev–Trinajstić information content (AvgIpc) is 2.40. The minimum absolute atomic E-state index is 0.0522. The Morgan fingerprint density at radius 2 is 1.75 bits per heavy atom. The van der Waals surface area contributed by atoms with Crippen molar-refractivity contribution in [2.45, 2.75) is 12.3 Å². The van der Waals surface area contributed by atoms with Crippen LogP contribution in [0.1, 0.15) is 17.0 Å². The molecule has 0 fully saturated rings. The molecule has 0 bridgehead atoms. The molecular formula is C15H11F3O2. The second-order valence-electron chi connectivity index (χ2n) is 4.35. The van der Waals surface area contributed by atoms with Gasteiger partial charge >= 0.3 is 5.97 Å². The monoisotopic (exact) mass is 280 g/mol. The van der Waals surface area contributed by atoms with Gasteiger partial charge in [-0.1, -0.05) is 18.2 Å². The smallest absolute Gasteiger partial charge is 0.311 e. The Bertz CT molecular complexity index is 641. The largest absolute Gasteiger partial charge is 0.481 e. The van der Waals surface area contributed by atoms with E-state index in [4.69, 9.17) is 0 Å². The van der Waals surface area contributed by atoms with Gasteiger partial charge in [-0.2, -0.15) is 0 Å². The van der Waals surface area contributed by atoms with E-state index in [-0.39, 0.29) is 17.5 Å². The lowest BCUT2D eigenvalue weighted by Crippen LogP contribution is -2.16. The van der Waals surface area contributed by atoms with Crippen LogP contribution in [0, 0.1) is 17.5 Å². The van der Waals surface area contributed by atoms with Gasteiger partial charge in [-0.05, 0) is 36.2 Å². The van der Waals surface area contributed by atoms with Crippen molar-refractivity contribution in [3.05, 3.63) is 71.0 Å². The summed E-state index contributed by atoms with van der Waals surface area (Å²) in [6.45, 7) is 0. The highest BCUT2D eigenvalue weighted by Crippen LogP contribution is 2.25. The van der Waals surface area contributed by atoms with Gasteiger partial charge < -0.3 is 5.11 Å². The van der Waals surface area contributed by atoms with E-state index >= 15 is 0 Å². The van der Waals surface area contributed by atoms with Crippen molar-refractivity contribution in [2.24, 2.45) is 0 Å². The van der Waals surface area contributed by atoms with E-state index in [0.717, 1.165) is 24.3 Å². The van der Waals surface area contributed by atoms with Gasteiger partial charge in [0, 0.05) is 5.56 Å². The Morgan fingerprint density at radius 3 is 2.40 bits per heavy atom. The first-order valence-electron chi connectivity index (χ1n) is 5.90. The number of carbonyl (C=O) groups is 1. The molecule has 0 aliphatic carbocycles. The van der Waals surface area contributed by atoms with Crippen LogP contribution in [0.25, 0.3) is 0 Å². The third-order valence-electron chi connectivity index (χ3n) is 3.01. The number of rotatable bonds is 4. The maximum absolute atomic E-state index is 13.7. The number of halogens is 3. The highest BCUT2D eigenvalue weighted by molar-refractivity contribution is 5.76. The van der Waals surface area contributed by atoms with Gasteiger partial charge in [0.2, 0.25) is 0 Å². The van der Waals surface area contributed by atoms with Gasteiger partial charge in [-0.3, -0.25) is 4.79 Å². The Hall–Kier alpha value is -2.30. The van der Waals surface area contributed by atoms with E-state index in [1.807, 2.05) is 0 Å². The summed E-state index contributed by atoms with van der Waals surface area (Å²) in [5.41, 5.74) is -0.149. The molecule has 0 saturated heterocycles. The Balaban J connectivity index is 2.38. The van der Waals surface area contributed by atoms with Gasteiger partial charge in [0.1, 0.15) is 17.5 Å². The van der Waals surface area contributed by atoms with Gasteiger partial charge in [0.25, 0.3) is 0 Å². The van der Waals surface area contributed by atoms with Crippen LogP contribution in [0.5, 0.6) is 0 Å². The summed E-state index contributed by atoms with van der Waals surface area (Å²) in [6.07, 6.45) is -0.320. The van der Waals surface area contributed by atoms with Crippen LogP contribution in [-0.2, 0) is 11.2 Å². The van der Waals surface area contributed by atoms with E-state index in [0.29, 0.717) is 0 Å². The predicted octanol–water partition coefficient (Wildman–Crippen LogP) is 3.51. The molecule has 2 rings (SSSR count). The fourth-order valence-corrected chi connectivity index (χ4v) is 2.01. The van der Waals surface area contributed by atoms with Crippen LogP contribution in [0.4, 0.5) is 13.2 Å². The zero-order valence-electron chi connectivity index (χ0n) is 10.3. The topological polar surface area (TPSA) is 37.3 Å². The molecule has 0 aliphatic heterocycles. The fraction of sp³-hybridized carbons (Fsp3) is 0.133. The summed E-state index contributed by atoms with van der Waals surface area (Å²) in [4.78, 5) is 11.3. The van der Waals surface area contributed by atoms with Crippen LogP contribution in [0.2, 0.25) is 0 Å². The molecule has 1 unspecified atom stereocenters. The zero-order valence-corrected chi connectivity index (χ0v) is 10.3. The Kier molecular flexibility index (Phi) is 4.08. The van der Waals surface area contributed by atoms with Gasteiger partial charge in [-0.15, -0.1) is 0 Å². The molecule has 5 heteroatoms. The summed E-state index contributed by atoms with van der Waals surface area (Å²) in [6, 6.07) is 8.17. The lowest BCUT2D eigenvalue weighted by atomic mass is 9.91. The van der Waals surface area contributed by atoms with Crippen molar-refractivity contribution in [1.29, 1.82) is 0 Å². The molecular weight excluding hydrogens is 269 g/mol. The quantitative estimate of drug-likeness (QED) is 0.930. The molecule has 2 nitrogen and oxygen atoms in total. The lowest BCUT2D eigenvalue weighted by Gasteiger charge is -2.14.